The Balaban J connectivity index is 3.14. The molecular weight excluding hydrogens is 432 g/mol. The number of ether oxygens (including phenoxy) is 6. The third-order valence-corrected chi connectivity index (χ3v) is 4.69. The first-order valence-electron chi connectivity index (χ1n) is 12.4. The topological polar surface area (TPSA) is 110 Å². The van der Waals surface area contributed by atoms with Crippen LogP contribution in [0, 0.1) is 0 Å². The van der Waals surface area contributed by atoms with Gasteiger partial charge in [-0.1, -0.05) is 58.3 Å². The van der Waals surface area contributed by atoms with Gasteiger partial charge in [0.15, 0.2) is 0 Å². The van der Waals surface area contributed by atoms with E-state index in [1.807, 2.05) is 0 Å². The van der Waals surface area contributed by atoms with Gasteiger partial charge in [-0.3, -0.25) is 4.79 Å². The van der Waals surface area contributed by atoms with Gasteiger partial charge >= 0.3 is 11.9 Å². The van der Waals surface area contributed by atoms with Crippen molar-refractivity contribution in [3.05, 3.63) is 0 Å². The van der Waals surface area contributed by atoms with Crippen molar-refractivity contribution in [2.75, 3.05) is 72.7 Å². The number of esters is 1. The Morgan fingerprint density at radius 1 is 0.545 bits per heavy atom. The lowest BCUT2D eigenvalue weighted by molar-refractivity contribution is -0.145. The van der Waals surface area contributed by atoms with E-state index in [2.05, 4.69) is 6.92 Å². The molecule has 0 atom stereocenters. The molecule has 9 nitrogen and oxygen atoms in total. The molecule has 9 heteroatoms. The number of hydrogen-bond donors (Lipinski definition) is 1. The van der Waals surface area contributed by atoms with E-state index in [4.69, 9.17) is 33.5 Å². The van der Waals surface area contributed by atoms with Crippen molar-refractivity contribution in [3.63, 3.8) is 0 Å². The normalized spacial score (nSPS) is 11.1. The van der Waals surface area contributed by atoms with E-state index >= 15 is 0 Å². The molecule has 0 saturated heterocycles. The highest BCUT2D eigenvalue weighted by molar-refractivity contribution is 5.69. The third-order valence-electron chi connectivity index (χ3n) is 4.69. The molecule has 0 rings (SSSR count). The first-order chi connectivity index (χ1) is 16.2. The van der Waals surface area contributed by atoms with Crippen LogP contribution in [0.25, 0.3) is 0 Å². The second-order valence-electron chi connectivity index (χ2n) is 7.69. The average molecular weight is 479 g/mol. The molecule has 196 valence electrons. The summed E-state index contributed by atoms with van der Waals surface area (Å²) in [5, 5.41) is 8.39. The molecule has 0 aromatic heterocycles. The Labute approximate surface area is 199 Å². The van der Waals surface area contributed by atoms with Crippen molar-refractivity contribution in [3.8, 4) is 0 Å². The minimum absolute atomic E-state index is 0.147. The summed E-state index contributed by atoms with van der Waals surface area (Å²) in [5.41, 5.74) is 0. The van der Waals surface area contributed by atoms with Crippen LogP contribution in [0.2, 0.25) is 0 Å². The van der Waals surface area contributed by atoms with Crippen LogP contribution < -0.4 is 0 Å². The molecule has 0 spiro atoms. The summed E-state index contributed by atoms with van der Waals surface area (Å²) in [7, 11) is 0. The number of rotatable bonds is 27. The highest BCUT2D eigenvalue weighted by atomic mass is 16.6. The van der Waals surface area contributed by atoms with Crippen LogP contribution in [-0.2, 0) is 38.0 Å². The molecule has 1 N–H and O–H groups in total. The van der Waals surface area contributed by atoms with E-state index in [9.17, 15) is 9.59 Å². The Morgan fingerprint density at radius 2 is 0.939 bits per heavy atom. The van der Waals surface area contributed by atoms with Crippen molar-refractivity contribution in [2.24, 2.45) is 0 Å². The third kappa shape index (κ3) is 28.7. The fourth-order valence-corrected chi connectivity index (χ4v) is 2.91. The van der Waals surface area contributed by atoms with Gasteiger partial charge in [0.05, 0.1) is 59.5 Å². The van der Waals surface area contributed by atoms with Gasteiger partial charge in [-0.05, 0) is 6.42 Å². The predicted octanol–water partition coefficient (Wildman–Crippen LogP) is 3.62. The average Bonchev–Trinajstić information content (AvgIpc) is 2.79. The van der Waals surface area contributed by atoms with Crippen molar-refractivity contribution in [1.82, 2.24) is 0 Å². The van der Waals surface area contributed by atoms with E-state index in [0.29, 0.717) is 59.3 Å². The second kappa shape index (κ2) is 27.0. The molecule has 0 heterocycles. The second-order valence-corrected chi connectivity index (χ2v) is 7.69. The molecule has 0 aliphatic heterocycles. The van der Waals surface area contributed by atoms with Crippen molar-refractivity contribution < 1.29 is 43.1 Å². The molecule has 0 unspecified atom stereocenters. The molecule has 0 aliphatic carbocycles. The van der Waals surface area contributed by atoms with E-state index in [0.717, 1.165) is 12.8 Å². The number of carbonyl (C=O) groups is 2. The lowest BCUT2D eigenvalue weighted by atomic mass is 10.1. The minimum Gasteiger partial charge on any atom is -0.480 e. The highest BCUT2D eigenvalue weighted by Crippen LogP contribution is 2.10. The lowest BCUT2D eigenvalue weighted by Gasteiger charge is -2.08. The summed E-state index contributed by atoms with van der Waals surface area (Å²) >= 11 is 0. The largest absolute Gasteiger partial charge is 0.480 e. The Bertz CT molecular complexity index is 432. The molecule has 33 heavy (non-hydrogen) atoms. The van der Waals surface area contributed by atoms with Gasteiger partial charge in [-0.15, -0.1) is 0 Å². The van der Waals surface area contributed by atoms with Gasteiger partial charge in [-0.25, -0.2) is 4.79 Å². The lowest BCUT2D eigenvalue weighted by Crippen LogP contribution is -2.15. The monoisotopic (exact) mass is 478 g/mol. The van der Waals surface area contributed by atoms with Gasteiger partial charge in [0.25, 0.3) is 0 Å². The van der Waals surface area contributed by atoms with E-state index < -0.39 is 5.97 Å². The molecule has 0 saturated carbocycles. The van der Waals surface area contributed by atoms with Crippen LogP contribution in [0.5, 0.6) is 0 Å². The quantitative estimate of drug-likeness (QED) is 0.140. The van der Waals surface area contributed by atoms with Crippen molar-refractivity contribution >= 4 is 11.9 Å². The first-order valence-corrected chi connectivity index (χ1v) is 12.4. The van der Waals surface area contributed by atoms with Crippen molar-refractivity contribution in [2.45, 2.75) is 71.1 Å². The maximum Gasteiger partial charge on any atom is 0.329 e. The first kappa shape index (κ1) is 31.7. The van der Waals surface area contributed by atoms with Crippen molar-refractivity contribution in [1.29, 1.82) is 0 Å². The van der Waals surface area contributed by atoms with Gasteiger partial charge in [-0.2, -0.15) is 0 Å². The predicted molar refractivity (Wildman–Crippen MR) is 125 cm³/mol. The van der Waals surface area contributed by atoms with Gasteiger partial charge < -0.3 is 33.5 Å². The number of carboxylic acid groups (broad SMARTS) is 1. The SMILES string of the molecule is CCCCCCCCCCCC(=O)OCCOCCOCCOCCOCCOCC(=O)O. The summed E-state index contributed by atoms with van der Waals surface area (Å²) in [6.07, 6.45) is 11.6. The fourth-order valence-electron chi connectivity index (χ4n) is 2.91. The number of carbonyl (C=O) groups excluding carboxylic acids is 1. The fraction of sp³-hybridized carbons (Fsp3) is 0.917. The van der Waals surface area contributed by atoms with E-state index in [1.165, 1.54) is 44.9 Å². The van der Waals surface area contributed by atoms with Crippen LogP contribution in [0.15, 0.2) is 0 Å². The highest BCUT2D eigenvalue weighted by Gasteiger charge is 2.02. The number of unbranched alkanes of at least 4 members (excludes halogenated alkanes) is 8. The molecular formula is C24H46O9. The molecule has 0 bridgehead atoms. The zero-order valence-corrected chi connectivity index (χ0v) is 20.6. The Hall–Kier alpha value is -1.26. The van der Waals surface area contributed by atoms with Gasteiger partial charge in [0.1, 0.15) is 13.2 Å². The Kier molecular flexibility index (Phi) is 26.0. The molecule has 0 aliphatic rings. The number of aliphatic carboxylic acids is 1. The van der Waals surface area contributed by atoms with Crippen LogP contribution in [0.4, 0.5) is 0 Å². The minimum atomic E-state index is -0.994. The van der Waals surface area contributed by atoms with Crippen LogP contribution in [0.1, 0.15) is 71.1 Å². The smallest absolute Gasteiger partial charge is 0.329 e. The number of carboxylic acids is 1. The maximum atomic E-state index is 11.7. The van der Waals surface area contributed by atoms with Gasteiger partial charge in [0.2, 0.25) is 0 Å². The van der Waals surface area contributed by atoms with E-state index in [-0.39, 0.29) is 25.8 Å². The van der Waals surface area contributed by atoms with Crippen LogP contribution >= 0.6 is 0 Å². The summed E-state index contributed by atoms with van der Waals surface area (Å²) in [6.45, 7) is 5.79. The number of hydrogen-bond acceptors (Lipinski definition) is 8. The molecule has 0 aromatic carbocycles. The molecule has 0 fully saturated rings. The Morgan fingerprint density at radius 3 is 1.39 bits per heavy atom. The molecule has 0 aromatic rings. The van der Waals surface area contributed by atoms with Crippen LogP contribution in [0.3, 0.4) is 0 Å². The summed E-state index contributed by atoms with van der Waals surface area (Å²) in [6, 6.07) is 0. The zero-order valence-electron chi connectivity index (χ0n) is 20.6. The van der Waals surface area contributed by atoms with Gasteiger partial charge in [0, 0.05) is 6.42 Å². The molecule has 0 radical (unpaired) electrons. The maximum absolute atomic E-state index is 11.7. The summed E-state index contributed by atoms with van der Waals surface area (Å²) in [4.78, 5) is 21.9. The zero-order chi connectivity index (χ0) is 24.2. The summed E-state index contributed by atoms with van der Waals surface area (Å²) in [5.74, 6) is -1.14. The van der Waals surface area contributed by atoms with E-state index in [1.54, 1.807) is 0 Å². The van der Waals surface area contributed by atoms with Crippen LogP contribution in [-0.4, -0.2) is 89.7 Å². The molecule has 0 amide bonds. The summed E-state index contributed by atoms with van der Waals surface area (Å²) < 4.78 is 31.3. The standard InChI is InChI=1S/C24H46O9/c1-2-3-4-5-6-7-8-9-10-11-24(27)33-21-20-31-17-16-29-13-12-28-14-15-30-18-19-32-22-23(25)26/h2-22H2,1H3,(H,25,26).